The first-order valence-electron chi connectivity index (χ1n) is 15.4. The smallest absolute Gasteiger partial charge is 0.245 e. The van der Waals surface area contributed by atoms with Gasteiger partial charge in [0.1, 0.15) is 6.04 Å². The van der Waals surface area contributed by atoms with Crippen molar-refractivity contribution in [2.75, 3.05) is 26.2 Å². The molecule has 0 aromatic heterocycles. The van der Waals surface area contributed by atoms with E-state index < -0.39 is 6.04 Å². The second kappa shape index (κ2) is 14.0. The first-order chi connectivity index (χ1) is 19.9. The summed E-state index contributed by atoms with van der Waals surface area (Å²) in [6.07, 6.45) is 9.79. The number of amides is 2. The van der Waals surface area contributed by atoms with Gasteiger partial charge in [-0.1, -0.05) is 78.9 Å². The summed E-state index contributed by atoms with van der Waals surface area (Å²) in [5.74, 6) is 0.599. The summed E-state index contributed by atoms with van der Waals surface area (Å²) < 4.78 is 0. The lowest BCUT2D eigenvalue weighted by Gasteiger charge is -2.43. The molecule has 0 radical (unpaired) electrons. The molecule has 220 valence electrons. The van der Waals surface area contributed by atoms with Gasteiger partial charge in [0.05, 0.1) is 0 Å². The molecule has 3 unspecified atom stereocenters. The Bertz CT molecular complexity index is 1210. The van der Waals surface area contributed by atoms with Crippen molar-refractivity contribution in [1.29, 1.82) is 0 Å². The van der Waals surface area contributed by atoms with E-state index in [1.54, 1.807) is 0 Å². The average Bonchev–Trinajstić information content (AvgIpc) is 3.39. The molecule has 2 aliphatic heterocycles. The number of benzene rings is 2. The first-order valence-corrected chi connectivity index (χ1v) is 15.8. The van der Waals surface area contributed by atoms with Crippen LogP contribution in [-0.2, 0) is 22.6 Å². The second-order valence-electron chi connectivity index (χ2n) is 12.3. The van der Waals surface area contributed by atoms with E-state index in [-0.39, 0.29) is 17.9 Å². The van der Waals surface area contributed by atoms with E-state index >= 15 is 0 Å². The number of fused-ring (bicyclic) bond motifs is 1. The molecule has 2 N–H and O–H groups in total. The van der Waals surface area contributed by atoms with Gasteiger partial charge in [-0.05, 0) is 61.4 Å². The Balaban J connectivity index is 1.25. The Morgan fingerprint density at radius 1 is 1.00 bits per heavy atom. The van der Waals surface area contributed by atoms with Crippen molar-refractivity contribution in [3.63, 3.8) is 0 Å². The minimum Gasteiger partial charge on any atom is -0.344 e. The molecule has 2 fully saturated rings. The predicted octanol–water partition coefficient (Wildman–Crippen LogP) is 5.66. The lowest BCUT2D eigenvalue weighted by Crippen LogP contribution is -2.57. The van der Waals surface area contributed by atoms with Gasteiger partial charge in [0.15, 0.2) is 0 Å². The van der Waals surface area contributed by atoms with Gasteiger partial charge in [-0.25, -0.2) is 0 Å². The minimum atomic E-state index is -0.612. The highest BCUT2D eigenvalue weighted by atomic mass is 35.5. The standard InChI is InChI=1S/C34H45ClN4O2/c1-24(2)20-32(26-8-4-3-5-9-26)38-16-18-39(19-17-38)34(41)31(21-25-12-14-28(35)15-13-25)37-33(40)22-30-29-11-7-6-10-27(29)23-36-30/h6-7,10-15,20,26,30-32,36H,3-5,8-9,16-19,21-23H2,1-2H3,(H,37,40). The van der Waals surface area contributed by atoms with Gasteiger partial charge in [0.2, 0.25) is 11.8 Å². The van der Waals surface area contributed by atoms with Gasteiger partial charge in [0.25, 0.3) is 0 Å². The maximum Gasteiger partial charge on any atom is 0.245 e. The Morgan fingerprint density at radius 2 is 1.71 bits per heavy atom. The Labute approximate surface area is 250 Å². The normalized spacial score (nSPS) is 21.1. The van der Waals surface area contributed by atoms with Crippen molar-refractivity contribution < 1.29 is 9.59 Å². The van der Waals surface area contributed by atoms with Crippen molar-refractivity contribution in [3.05, 3.63) is 81.9 Å². The highest BCUT2D eigenvalue weighted by Crippen LogP contribution is 2.31. The topological polar surface area (TPSA) is 64.7 Å². The Kier molecular flexibility index (Phi) is 10.2. The van der Waals surface area contributed by atoms with E-state index in [0.717, 1.165) is 25.2 Å². The summed E-state index contributed by atoms with van der Waals surface area (Å²) in [6.45, 7) is 8.24. The summed E-state index contributed by atoms with van der Waals surface area (Å²) in [6, 6.07) is 15.6. The van der Waals surface area contributed by atoms with Gasteiger partial charge in [0, 0.05) is 62.7 Å². The van der Waals surface area contributed by atoms with Gasteiger partial charge < -0.3 is 15.5 Å². The number of allylic oxidation sites excluding steroid dienone is 1. The van der Waals surface area contributed by atoms with Crippen LogP contribution >= 0.6 is 11.6 Å². The number of rotatable bonds is 9. The molecule has 6 nitrogen and oxygen atoms in total. The summed E-state index contributed by atoms with van der Waals surface area (Å²) in [5, 5.41) is 7.23. The number of piperazine rings is 1. The fourth-order valence-corrected chi connectivity index (χ4v) is 7.00. The van der Waals surface area contributed by atoms with E-state index in [4.69, 9.17) is 11.6 Å². The number of halogens is 1. The lowest BCUT2D eigenvalue weighted by molar-refractivity contribution is -0.138. The molecule has 2 aromatic rings. The quantitative estimate of drug-likeness (QED) is 0.378. The third-order valence-corrected chi connectivity index (χ3v) is 9.28. The molecule has 2 amide bonds. The molecule has 3 aliphatic rings. The van der Waals surface area contributed by atoms with Crippen molar-refractivity contribution >= 4 is 23.4 Å². The fourth-order valence-electron chi connectivity index (χ4n) is 6.87. The highest BCUT2D eigenvalue weighted by molar-refractivity contribution is 6.30. The third-order valence-electron chi connectivity index (χ3n) is 9.03. The molecule has 2 aromatic carbocycles. The first kappa shape index (κ1) is 29.8. The molecule has 1 saturated heterocycles. The van der Waals surface area contributed by atoms with Crippen LogP contribution in [0.1, 0.15) is 75.1 Å². The minimum absolute atomic E-state index is 0.00385. The molecule has 41 heavy (non-hydrogen) atoms. The fraction of sp³-hybridized carbons (Fsp3) is 0.529. The summed E-state index contributed by atoms with van der Waals surface area (Å²) in [4.78, 5) is 31.8. The van der Waals surface area contributed by atoms with E-state index in [1.165, 1.54) is 48.8 Å². The predicted molar refractivity (Wildman–Crippen MR) is 166 cm³/mol. The average molecular weight is 577 g/mol. The van der Waals surface area contributed by atoms with Gasteiger partial charge in [-0.2, -0.15) is 0 Å². The van der Waals surface area contributed by atoms with E-state index in [9.17, 15) is 9.59 Å². The summed E-state index contributed by atoms with van der Waals surface area (Å²) >= 11 is 6.12. The maximum atomic E-state index is 13.9. The molecule has 2 heterocycles. The third kappa shape index (κ3) is 7.79. The number of carbonyl (C=O) groups is 2. The van der Waals surface area contributed by atoms with Crippen molar-refractivity contribution in [2.24, 2.45) is 5.92 Å². The lowest BCUT2D eigenvalue weighted by atomic mass is 9.82. The molecule has 5 rings (SSSR count). The van der Waals surface area contributed by atoms with Crippen molar-refractivity contribution in [3.8, 4) is 0 Å². The summed E-state index contributed by atoms with van der Waals surface area (Å²) in [5.41, 5.74) is 4.75. The number of carbonyl (C=O) groups excluding carboxylic acids is 2. The highest BCUT2D eigenvalue weighted by Gasteiger charge is 2.34. The van der Waals surface area contributed by atoms with Gasteiger partial charge >= 0.3 is 0 Å². The molecular formula is C34H45ClN4O2. The molecule has 7 heteroatoms. The maximum absolute atomic E-state index is 13.9. The number of hydrogen-bond acceptors (Lipinski definition) is 4. The van der Waals surface area contributed by atoms with Crippen LogP contribution in [0.2, 0.25) is 5.02 Å². The van der Waals surface area contributed by atoms with Crippen LogP contribution in [0, 0.1) is 5.92 Å². The molecule has 1 aliphatic carbocycles. The zero-order valence-corrected chi connectivity index (χ0v) is 25.3. The molecular weight excluding hydrogens is 532 g/mol. The van der Waals surface area contributed by atoms with Crippen LogP contribution in [0.25, 0.3) is 0 Å². The van der Waals surface area contributed by atoms with E-state index in [2.05, 4.69) is 47.6 Å². The van der Waals surface area contributed by atoms with Crippen molar-refractivity contribution in [2.45, 2.75) is 83.5 Å². The monoisotopic (exact) mass is 576 g/mol. The van der Waals surface area contributed by atoms with E-state index in [1.807, 2.05) is 41.3 Å². The number of nitrogens with zero attached hydrogens (tertiary/aromatic N) is 2. The second-order valence-corrected chi connectivity index (χ2v) is 12.7. The van der Waals surface area contributed by atoms with Crippen LogP contribution in [-0.4, -0.2) is 59.9 Å². The van der Waals surface area contributed by atoms with Gasteiger partial charge in [-0.15, -0.1) is 0 Å². The zero-order chi connectivity index (χ0) is 28.8. The van der Waals surface area contributed by atoms with Crippen molar-refractivity contribution in [1.82, 2.24) is 20.4 Å². The molecule has 0 spiro atoms. The van der Waals surface area contributed by atoms with Crippen LogP contribution in [0.15, 0.2) is 60.2 Å². The Hall–Kier alpha value is -2.67. The van der Waals surface area contributed by atoms with Crippen LogP contribution in [0.4, 0.5) is 0 Å². The number of hydrogen-bond donors (Lipinski definition) is 2. The van der Waals surface area contributed by atoms with E-state index in [0.29, 0.717) is 42.9 Å². The largest absolute Gasteiger partial charge is 0.344 e. The van der Waals surface area contributed by atoms with Crippen LogP contribution < -0.4 is 10.6 Å². The molecule has 1 saturated carbocycles. The summed E-state index contributed by atoms with van der Waals surface area (Å²) in [7, 11) is 0. The van der Waals surface area contributed by atoms with Crippen LogP contribution in [0.5, 0.6) is 0 Å². The molecule has 3 atom stereocenters. The van der Waals surface area contributed by atoms with Gasteiger partial charge in [-0.3, -0.25) is 14.5 Å². The number of nitrogens with one attached hydrogen (secondary N) is 2. The Morgan fingerprint density at radius 3 is 2.41 bits per heavy atom. The SMILES string of the molecule is CC(C)=CC(C1CCCCC1)N1CCN(C(=O)C(Cc2ccc(Cl)cc2)NC(=O)CC2NCc3ccccc32)CC1. The van der Waals surface area contributed by atoms with Crippen LogP contribution in [0.3, 0.4) is 0 Å². The zero-order valence-electron chi connectivity index (χ0n) is 24.6. The molecule has 0 bridgehead atoms.